The Morgan fingerprint density at radius 1 is 1.44 bits per heavy atom. The Morgan fingerprint density at radius 2 is 2.17 bits per heavy atom. The highest BCUT2D eigenvalue weighted by Gasteiger charge is 2.18. The van der Waals surface area contributed by atoms with Gasteiger partial charge in [-0.1, -0.05) is 13.3 Å². The molecule has 1 heterocycles. The monoisotopic (exact) mass is 254 g/mol. The molecule has 1 aromatic rings. The van der Waals surface area contributed by atoms with Crippen LogP contribution in [-0.2, 0) is 11.3 Å². The SMILES string of the molecule is CCC[C@@H](NC(=O)NCc1ccc(C)o1)C(=O)O. The number of aryl methyl sites for hydroxylation is 1. The van der Waals surface area contributed by atoms with Crippen molar-refractivity contribution < 1.29 is 19.1 Å². The number of nitrogens with one attached hydrogen (secondary N) is 2. The lowest BCUT2D eigenvalue weighted by Crippen LogP contribution is -2.45. The molecule has 0 aliphatic heterocycles. The minimum Gasteiger partial charge on any atom is -0.480 e. The Hall–Kier alpha value is -1.98. The van der Waals surface area contributed by atoms with Gasteiger partial charge in [-0.25, -0.2) is 9.59 Å². The number of aliphatic carboxylic acids is 1. The molecule has 6 nitrogen and oxygen atoms in total. The first-order valence-electron chi connectivity index (χ1n) is 5.85. The van der Waals surface area contributed by atoms with Crippen LogP contribution in [0.3, 0.4) is 0 Å². The number of carboxylic acid groups (broad SMARTS) is 1. The third-order valence-corrected chi connectivity index (χ3v) is 2.40. The van der Waals surface area contributed by atoms with Crippen molar-refractivity contribution in [2.75, 3.05) is 0 Å². The molecule has 1 aromatic heterocycles. The molecule has 2 amide bonds. The fourth-order valence-electron chi connectivity index (χ4n) is 1.50. The van der Waals surface area contributed by atoms with Crippen molar-refractivity contribution in [3.05, 3.63) is 23.7 Å². The minimum absolute atomic E-state index is 0.234. The molecule has 0 unspecified atom stereocenters. The maximum Gasteiger partial charge on any atom is 0.326 e. The molecule has 0 bridgehead atoms. The van der Waals surface area contributed by atoms with E-state index in [1.165, 1.54) is 0 Å². The van der Waals surface area contributed by atoms with Crippen LogP contribution in [0.1, 0.15) is 31.3 Å². The van der Waals surface area contributed by atoms with Gasteiger partial charge in [-0.15, -0.1) is 0 Å². The van der Waals surface area contributed by atoms with Crippen molar-refractivity contribution in [1.29, 1.82) is 0 Å². The Kier molecular flexibility index (Phi) is 5.23. The van der Waals surface area contributed by atoms with Gasteiger partial charge in [-0.3, -0.25) is 0 Å². The quantitative estimate of drug-likeness (QED) is 0.719. The van der Waals surface area contributed by atoms with E-state index in [4.69, 9.17) is 9.52 Å². The molecule has 0 aliphatic rings. The van der Waals surface area contributed by atoms with E-state index in [2.05, 4.69) is 10.6 Å². The van der Waals surface area contributed by atoms with Gasteiger partial charge in [0.15, 0.2) is 0 Å². The predicted octanol–water partition coefficient (Wildman–Crippen LogP) is 1.64. The Bertz CT molecular complexity index is 414. The average molecular weight is 254 g/mol. The van der Waals surface area contributed by atoms with Crippen LogP contribution in [0.4, 0.5) is 4.79 Å². The summed E-state index contributed by atoms with van der Waals surface area (Å²) in [5.74, 6) is 0.368. The van der Waals surface area contributed by atoms with Crippen LogP contribution in [0.2, 0.25) is 0 Å². The van der Waals surface area contributed by atoms with E-state index in [9.17, 15) is 9.59 Å². The lowest BCUT2D eigenvalue weighted by atomic mass is 10.2. The summed E-state index contributed by atoms with van der Waals surface area (Å²) < 4.78 is 5.28. The fraction of sp³-hybridized carbons (Fsp3) is 0.500. The maximum absolute atomic E-state index is 11.5. The van der Waals surface area contributed by atoms with Gasteiger partial charge in [0.2, 0.25) is 0 Å². The lowest BCUT2D eigenvalue weighted by Gasteiger charge is -2.13. The second-order valence-electron chi connectivity index (χ2n) is 4.02. The van der Waals surface area contributed by atoms with Crippen LogP contribution < -0.4 is 10.6 Å². The highest BCUT2D eigenvalue weighted by Crippen LogP contribution is 2.05. The van der Waals surface area contributed by atoms with Crippen molar-refractivity contribution >= 4 is 12.0 Å². The molecular formula is C12H18N2O4. The molecule has 1 atom stereocenters. The smallest absolute Gasteiger partial charge is 0.326 e. The first-order valence-corrected chi connectivity index (χ1v) is 5.85. The normalized spacial score (nSPS) is 11.9. The number of hydrogen-bond acceptors (Lipinski definition) is 3. The summed E-state index contributed by atoms with van der Waals surface area (Å²) in [5, 5.41) is 13.8. The first kappa shape index (κ1) is 14.1. The molecule has 0 spiro atoms. The van der Waals surface area contributed by atoms with Crippen molar-refractivity contribution in [2.45, 2.75) is 39.3 Å². The van der Waals surface area contributed by atoms with E-state index in [0.717, 1.165) is 5.76 Å². The standard InChI is InChI=1S/C12H18N2O4/c1-3-4-10(11(15)16)14-12(17)13-7-9-6-5-8(2)18-9/h5-6,10H,3-4,7H2,1-2H3,(H,15,16)(H2,13,14,17)/t10-/m1/s1. The van der Waals surface area contributed by atoms with Crippen LogP contribution in [0.25, 0.3) is 0 Å². The largest absolute Gasteiger partial charge is 0.480 e. The fourth-order valence-corrected chi connectivity index (χ4v) is 1.50. The number of carbonyl (C=O) groups is 2. The number of amides is 2. The zero-order valence-electron chi connectivity index (χ0n) is 10.5. The van der Waals surface area contributed by atoms with Crippen molar-refractivity contribution in [3.8, 4) is 0 Å². The van der Waals surface area contributed by atoms with Crippen LogP contribution in [0.5, 0.6) is 0 Å². The highest BCUT2D eigenvalue weighted by atomic mass is 16.4. The first-order chi connectivity index (χ1) is 8.52. The van der Waals surface area contributed by atoms with Gasteiger partial charge >= 0.3 is 12.0 Å². The van der Waals surface area contributed by atoms with E-state index in [0.29, 0.717) is 18.6 Å². The summed E-state index contributed by atoms with van der Waals surface area (Å²) in [5.41, 5.74) is 0. The van der Waals surface area contributed by atoms with Gasteiger partial charge < -0.3 is 20.2 Å². The van der Waals surface area contributed by atoms with Crippen molar-refractivity contribution in [1.82, 2.24) is 10.6 Å². The van der Waals surface area contributed by atoms with Gasteiger partial charge in [0.25, 0.3) is 0 Å². The van der Waals surface area contributed by atoms with Crippen LogP contribution in [0.15, 0.2) is 16.5 Å². The second kappa shape index (κ2) is 6.68. The van der Waals surface area contributed by atoms with Gasteiger partial charge in [-0.05, 0) is 25.5 Å². The summed E-state index contributed by atoms with van der Waals surface area (Å²) in [6.45, 7) is 3.91. The van der Waals surface area contributed by atoms with Gasteiger partial charge in [0, 0.05) is 0 Å². The molecule has 1 rings (SSSR count). The molecule has 0 saturated carbocycles. The molecule has 6 heteroatoms. The third kappa shape index (κ3) is 4.48. The lowest BCUT2D eigenvalue weighted by molar-refractivity contribution is -0.139. The molecule has 18 heavy (non-hydrogen) atoms. The Morgan fingerprint density at radius 3 is 2.67 bits per heavy atom. The number of hydrogen-bond donors (Lipinski definition) is 3. The molecule has 0 radical (unpaired) electrons. The summed E-state index contributed by atoms with van der Waals surface area (Å²) >= 11 is 0. The number of urea groups is 1. The number of carboxylic acids is 1. The van der Waals surface area contributed by atoms with Gasteiger partial charge in [-0.2, -0.15) is 0 Å². The molecule has 0 fully saturated rings. The molecule has 0 aromatic carbocycles. The van der Waals surface area contributed by atoms with Gasteiger partial charge in [0.1, 0.15) is 17.6 Å². The topological polar surface area (TPSA) is 91.6 Å². The maximum atomic E-state index is 11.5. The Balaban J connectivity index is 2.38. The highest BCUT2D eigenvalue weighted by molar-refractivity contribution is 5.82. The van der Waals surface area contributed by atoms with E-state index in [1.54, 1.807) is 12.1 Å². The number of furan rings is 1. The minimum atomic E-state index is -1.03. The van der Waals surface area contributed by atoms with Crippen molar-refractivity contribution in [2.24, 2.45) is 0 Å². The van der Waals surface area contributed by atoms with E-state index in [-0.39, 0.29) is 6.54 Å². The molecule has 0 aliphatic carbocycles. The van der Waals surface area contributed by atoms with Crippen LogP contribution in [-0.4, -0.2) is 23.1 Å². The molecular weight excluding hydrogens is 236 g/mol. The molecule has 100 valence electrons. The van der Waals surface area contributed by atoms with Crippen LogP contribution >= 0.6 is 0 Å². The summed E-state index contributed by atoms with van der Waals surface area (Å²) in [6.07, 6.45) is 1.09. The van der Waals surface area contributed by atoms with E-state index < -0.39 is 18.0 Å². The molecule has 0 saturated heterocycles. The summed E-state index contributed by atoms with van der Waals surface area (Å²) in [4.78, 5) is 22.3. The summed E-state index contributed by atoms with van der Waals surface area (Å²) in [6, 6.07) is 2.20. The van der Waals surface area contributed by atoms with Crippen LogP contribution in [0, 0.1) is 6.92 Å². The third-order valence-electron chi connectivity index (χ3n) is 2.40. The van der Waals surface area contributed by atoms with E-state index in [1.807, 2.05) is 13.8 Å². The predicted molar refractivity (Wildman–Crippen MR) is 65.1 cm³/mol. The number of rotatable bonds is 6. The Labute approximate surface area is 105 Å². The second-order valence-corrected chi connectivity index (χ2v) is 4.02. The summed E-state index contributed by atoms with van der Waals surface area (Å²) in [7, 11) is 0. The molecule has 3 N–H and O–H groups in total. The average Bonchev–Trinajstić information content (AvgIpc) is 2.72. The van der Waals surface area contributed by atoms with Crippen molar-refractivity contribution in [3.63, 3.8) is 0 Å². The number of carbonyl (C=O) groups excluding carboxylic acids is 1. The van der Waals surface area contributed by atoms with Gasteiger partial charge in [0.05, 0.1) is 6.54 Å². The zero-order valence-corrected chi connectivity index (χ0v) is 10.5. The zero-order chi connectivity index (χ0) is 13.5. The van der Waals surface area contributed by atoms with E-state index >= 15 is 0 Å².